The lowest BCUT2D eigenvalue weighted by molar-refractivity contribution is -0.384. The van der Waals surface area contributed by atoms with Gasteiger partial charge in [-0.05, 0) is 41.8 Å². The molecule has 11 heteroatoms. The smallest absolute Gasteiger partial charge is 0.292 e. The number of carbonyl (C=O) groups is 1. The summed E-state index contributed by atoms with van der Waals surface area (Å²) < 4.78 is 14.7. The molecule has 4 rings (SSSR count). The zero-order valence-corrected chi connectivity index (χ0v) is 16.0. The molecule has 2 N–H and O–H groups in total. The molecule has 9 nitrogen and oxygen atoms in total. The van der Waals surface area contributed by atoms with Crippen molar-refractivity contribution >= 4 is 28.6 Å². The molecule has 0 saturated heterocycles. The Morgan fingerprint density at radius 1 is 1.10 bits per heavy atom. The van der Waals surface area contributed by atoms with Gasteiger partial charge in [0.2, 0.25) is 5.82 Å². The van der Waals surface area contributed by atoms with Crippen molar-refractivity contribution in [2.24, 2.45) is 0 Å². The Bertz CT molecular complexity index is 1210. The van der Waals surface area contributed by atoms with E-state index in [-0.39, 0.29) is 17.2 Å². The molecule has 2 aromatic carbocycles. The maximum atomic E-state index is 13.3. The van der Waals surface area contributed by atoms with Crippen molar-refractivity contribution in [3.05, 3.63) is 87.8 Å². The van der Waals surface area contributed by atoms with Crippen LogP contribution in [0, 0.1) is 15.9 Å². The van der Waals surface area contributed by atoms with Crippen LogP contribution in [-0.4, -0.2) is 25.6 Å². The Balaban J connectivity index is 1.63. The third kappa shape index (κ3) is 3.86. The summed E-state index contributed by atoms with van der Waals surface area (Å²) in [5.41, 5.74) is 5.35. The number of anilines is 1. The molecule has 4 aromatic rings. The van der Waals surface area contributed by atoms with E-state index in [0.717, 1.165) is 4.88 Å². The quantitative estimate of drug-likeness (QED) is 0.359. The van der Waals surface area contributed by atoms with E-state index in [0.29, 0.717) is 11.5 Å². The molecule has 0 aliphatic heterocycles. The molecule has 2 heterocycles. The molecule has 0 radical (unpaired) electrons. The van der Waals surface area contributed by atoms with Gasteiger partial charge in [-0.1, -0.05) is 18.2 Å². The van der Waals surface area contributed by atoms with Crippen LogP contribution in [0.15, 0.2) is 66.0 Å². The number of nitrogens with zero attached hydrogens (tertiary/aromatic N) is 4. The second kappa shape index (κ2) is 8.09. The first-order valence-corrected chi connectivity index (χ1v) is 9.47. The molecule has 30 heavy (non-hydrogen) atoms. The number of hydrogen-bond donors (Lipinski definition) is 2. The highest BCUT2D eigenvalue weighted by atomic mass is 32.1. The molecule has 1 amide bonds. The molecule has 150 valence electrons. The first-order chi connectivity index (χ1) is 14.5. The lowest BCUT2D eigenvalue weighted by Gasteiger charge is -2.06. The highest BCUT2D eigenvalue weighted by Gasteiger charge is 2.20. The number of aromatic nitrogens is 3. The fourth-order valence-electron chi connectivity index (χ4n) is 2.65. The Hall–Kier alpha value is -4.12. The summed E-state index contributed by atoms with van der Waals surface area (Å²) in [6.45, 7) is 0. The molecule has 0 unspecified atom stereocenters. The van der Waals surface area contributed by atoms with E-state index in [1.165, 1.54) is 58.5 Å². The van der Waals surface area contributed by atoms with Gasteiger partial charge in [-0.25, -0.2) is 14.1 Å². The maximum absolute atomic E-state index is 13.3. The van der Waals surface area contributed by atoms with E-state index < -0.39 is 16.6 Å². The van der Waals surface area contributed by atoms with Crippen molar-refractivity contribution in [3.63, 3.8) is 0 Å². The third-order valence-corrected chi connectivity index (χ3v) is 4.90. The molecule has 0 bridgehead atoms. The number of hydrazine groups is 1. The van der Waals surface area contributed by atoms with Gasteiger partial charge in [0.05, 0.1) is 15.5 Å². The van der Waals surface area contributed by atoms with E-state index in [4.69, 9.17) is 0 Å². The van der Waals surface area contributed by atoms with Gasteiger partial charge < -0.3 is 0 Å². The van der Waals surface area contributed by atoms with Crippen LogP contribution >= 0.6 is 11.3 Å². The van der Waals surface area contributed by atoms with Gasteiger partial charge in [0.15, 0.2) is 5.82 Å². The largest absolute Gasteiger partial charge is 0.309 e. The Morgan fingerprint density at radius 3 is 2.57 bits per heavy atom. The lowest BCUT2D eigenvalue weighted by Crippen LogP contribution is -2.30. The fraction of sp³-hybridized carbons (Fsp3) is 0. The number of para-hydroxylation sites is 2. The number of hydrogen-bond acceptors (Lipinski definition) is 7. The zero-order chi connectivity index (χ0) is 21.1. The van der Waals surface area contributed by atoms with Crippen LogP contribution in [0.25, 0.3) is 16.4 Å². The molecule has 0 aliphatic rings. The van der Waals surface area contributed by atoms with Gasteiger partial charge in [-0.15, -0.1) is 16.4 Å². The number of rotatable bonds is 6. The Labute approximate surface area is 172 Å². The normalized spacial score (nSPS) is 10.6. The van der Waals surface area contributed by atoms with Crippen LogP contribution in [0.3, 0.4) is 0 Å². The number of halogens is 1. The number of benzene rings is 2. The fourth-order valence-corrected chi connectivity index (χ4v) is 3.35. The van der Waals surface area contributed by atoms with Crippen LogP contribution < -0.4 is 10.9 Å². The summed E-state index contributed by atoms with van der Waals surface area (Å²) >= 11 is 1.41. The van der Waals surface area contributed by atoms with E-state index in [2.05, 4.69) is 20.9 Å². The molecular formula is C19H13FN6O3S. The average Bonchev–Trinajstić information content (AvgIpc) is 3.42. The van der Waals surface area contributed by atoms with Crippen molar-refractivity contribution in [2.45, 2.75) is 0 Å². The number of nitro benzene ring substituents is 1. The van der Waals surface area contributed by atoms with Gasteiger partial charge >= 0.3 is 5.91 Å². The van der Waals surface area contributed by atoms with E-state index in [1.807, 2.05) is 17.5 Å². The van der Waals surface area contributed by atoms with Gasteiger partial charge in [0, 0.05) is 6.07 Å². The minimum absolute atomic E-state index is 0.118. The van der Waals surface area contributed by atoms with Gasteiger partial charge in [-0.2, -0.15) is 0 Å². The average molecular weight is 424 g/mol. The summed E-state index contributed by atoms with van der Waals surface area (Å²) in [6.07, 6.45) is 0. The van der Waals surface area contributed by atoms with Crippen molar-refractivity contribution < 1.29 is 14.1 Å². The van der Waals surface area contributed by atoms with Crippen LogP contribution in [0.2, 0.25) is 0 Å². The monoisotopic (exact) mass is 424 g/mol. The topological polar surface area (TPSA) is 115 Å². The predicted molar refractivity (Wildman–Crippen MR) is 109 cm³/mol. The molecule has 2 aromatic heterocycles. The van der Waals surface area contributed by atoms with Crippen LogP contribution in [-0.2, 0) is 0 Å². The molecule has 0 fully saturated rings. The van der Waals surface area contributed by atoms with E-state index in [9.17, 15) is 19.3 Å². The van der Waals surface area contributed by atoms with Gasteiger partial charge in [0.1, 0.15) is 11.5 Å². The second-order valence-corrected chi connectivity index (χ2v) is 6.93. The maximum Gasteiger partial charge on any atom is 0.309 e. The molecule has 0 aliphatic carbocycles. The predicted octanol–water partition coefficient (Wildman–Crippen LogP) is 3.80. The van der Waals surface area contributed by atoms with Crippen LogP contribution in [0.4, 0.5) is 15.8 Å². The van der Waals surface area contributed by atoms with Crippen molar-refractivity contribution in [3.8, 4) is 16.4 Å². The standard InChI is InChI=1S/C19H13FN6O3S/c20-12-7-9-13(10-8-12)25-18(16-6-3-11-30-16)21-17(24-25)19(27)23-22-14-4-1-2-5-15(14)26(28)29/h1-11,22H,(H,23,27). The number of nitro groups is 1. The first kappa shape index (κ1) is 19.2. The van der Waals surface area contributed by atoms with E-state index in [1.54, 1.807) is 6.07 Å². The van der Waals surface area contributed by atoms with Crippen LogP contribution in [0.1, 0.15) is 10.6 Å². The van der Waals surface area contributed by atoms with Crippen LogP contribution in [0.5, 0.6) is 0 Å². The summed E-state index contributed by atoms with van der Waals surface area (Å²) in [6, 6.07) is 15.1. The Kier molecular flexibility index (Phi) is 5.18. The second-order valence-electron chi connectivity index (χ2n) is 5.98. The number of nitrogens with one attached hydrogen (secondary N) is 2. The summed E-state index contributed by atoms with van der Waals surface area (Å²) in [4.78, 5) is 28.2. The molecule has 0 spiro atoms. The molecule has 0 atom stereocenters. The lowest BCUT2D eigenvalue weighted by atomic mass is 10.3. The number of carbonyl (C=O) groups excluding carboxylic acids is 1. The molecule has 0 saturated carbocycles. The summed E-state index contributed by atoms with van der Waals surface area (Å²) in [7, 11) is 0. The summed E-state index contributed by atoms with van der Waals surface area (Å²) in [5, 5.41) is 17.2. The highest BCUT2D eigenvalue weighted by Crippen LogP contribution is 2.26. The van der Waals surface area contributed by atoms with Gasteiger partial charge in [0.25, 0.3) is 5.69 Å². The summed E-state index contributed by atoms with van der Waals surface area (Å²) in [5.74, 6) is -0.837. The van der Waals surface area contributed by atoms with Gasteiger partial charge in [-0.3, -0.25) is 25.8 Å². The SMILES string of the molecule is O=C(NNc1ccccc1[N+](=O)[O-])c1nc(-c2cccs2)n(-c2ccc(F)cc2)n1. The number of amides is 1. The Morgan fingerprint density at radius 2 is 1.87 bits per heavy atom. The minimum atomic E-state index is -0.688. The number of thiophene rings is 1. The highest BCUT2D eigenvalue weighted by molar-refractivity contribution is 7.13. The third-order valence-electron chi connectivity index (χ3n) is 4.03. The zero-order valence-electron chi connectivity index (χ0n) is 15.2. The molecular weight excluding hydrogens is 411 g/mol. The van der Waals surface area contributed by atoms with E-state index >= 15 is 0 Å². The van der Waals surface area contributed by atoms with Crippen molar-refractivity contribution in [2.75, 3.05) is 5.43 Å². The van der Waals surface area contributed by atoms with Crippen molar-refractivity contribution in [1.29, 1.82) is 0 Å². The first-order valence-electron chi connectivity index (χ1n) is 8.59. The van der Waals surface area contributed by atoms with Crippen molar-refractivity contribution in [1.82, 2.24) is 20.2 Å². The minimum Gasteiger partial charge on any atom is -0.292 e.